The Morgan fingerprint density at radius 2 is 0.434 bits per heavy atom. The van der Waals surface area contributed by atoms with Crippen molar-refractivity contribution >= 4 is 17.9 Å². The summed E-state index contributed by atoms with van der Waals surface area (Å²) in [6.45, 7) is 11.5. The molecular formula is C70H136O6. The molecule has 452 valence electrons. The number of hydrogen-bond acceptors (Lipinski definition) is 6. The highest BCUT2D eigenvalue weighted by Crippen LogP contribution is 2.20. The topological polar surface area (TPSA) is 78.9 Å². The van der Waals surface area contributed by atoms with Crippen molar-refractivity contribution in [3.8, 4) is 0 Å². The van der Waals surface area contributed by atoms with Gasteiger partial charge in [-0.25, -0.2) is 0 Å². The van der Waals surface area contributed by atoms with Gasteiger partial charge in [0.05, 0.1) is 0 Å². The van der Waals surface area contributed by atoms with E-state index in [4.69, 9.17) is 14.2 Å². The molecule has 0 fully saturated rings. The molecule has 0 aromatic carbocycles. The third kappa shape index (κ3) is 63.2. The van der Waals surface area contributed by atoms with Crippen LogP contribution in [0.5, 0.6) is 0 Å². The van der Waals surface area contributed by atoms with Gasteiger partial charge in [-0.05, 0) is 31.1 Å². The minimum absolute atomic E-state index is 0.0612. The number of hydrogen-bond donors (Lipinski definition) is 0. The van der Waals surface area contributed by atoms with Crippen molar-refractivity contribution in [3.63, 3.8) is 0 Å². The van der Waals surface area contributed by atoms with Crippen LogP contribution in [0.1, 0.15) is 401 Å². The fraction of sp³-hybridized carbons (Fsp3) is 0.957. The number of unbranched alkanes of at least 4 members (excludes halogenated alkanes) is 49. The van der Waals surface area contributed by atoms with E-state index in [1.54, 1.807) is 0 Å². The van der Waals surface area contributed by atoms with Crippen molar-refractivity contribution in [2.45, 2.75) is 407 Å². The molecule has 1 atom stereocenters. The Hall–Kier alpha value is -1.59. The van der Waals surface area contributed by atoms with Crippen LogP contribution in [0.25, 0.3) is 0 Å². The molecule has 0 unspecified atom stereocenters. The van der Waals surface area contributed by atoms with Crippen molar-refractivity contribution in [1.82, 2.24) is 0 Å². The normalized spacial score (nSPS) is 12.0. The van der Waals surface area contributed by atoms with Gasteiger partial charge in [0, 0.05) is 19.3 Å². The monoisotopic (exact) mass is 1070 g/mol. The highest BCUT2D eigenvalue weighted by Gasteiger charge is 2.20. The van der Waals surface area contributed by atoms with Crippen molar-refractivity contribution in [2.75, 3.05) is 13.2 Å². The van der Waals surface area contributed by atoms with Gasteiger partial charge in [-0.15, -0.1) is 0 Å². The molecule has 0 N–H and O–H groups in total. The van der Waals surface area contributed by atoms with E-state index in [1.807, 2.05) is 0 Å². The van der Waals surface area contributed by atoms with Crippen LogP contribution in [-0.2, 0) is 28.6 Å². The summed E-state index contributed by atoms with van der Waals surface area (Å²) in [5.74, 6) is 0.887. The molecule has 0 aromatic heterocycles. The standard InChI is InChI=1S/C70H136O6/c1-6-7-8-9-10-11-12-13-14-15-19-25-30-35-40-45-50-55-60-68(71)74-63-67(76-70(73)62-57-52-47-42-37-32-27-22-21-24-29-34-39-44-49-54-59-66(4)5)64-75-69(72)61-56-51-46-41-36-31-26-20-17-16-18-23-28-33-38-43-48-53-58-65(2)3/h65-67H,6-64H2,1-5H3/t67-/m1/s1. The van der Waals surface area contributed by atoms with Gasteiger partial charge >= 0.3 is 17.9 Å². The summed E-state index contributed by atoms with van der Waals surface area (Å²) in [7, 11) is 0. The summed E-state index contributed by atoms with van der Waals surface area (Å²) < 4.78 is 17.0. The molecule has 0 aliphatic carbocycles. The van der Waals surface area contributed by atoms with E-state index in [1.165, 1.54) is 289 Å². The van der Waals surface area contributed by atoms with Gasteiger partial charge < -0.3 is 14.2 Å². The highest BCUT2D eigenvalue weighted by molar-refractivity contribution is 5.71. The second-order valence-corrected chi connectivity index (χ2v) is 25.1. The van der Waals surface area contributed by atoms with E-state index in [-0.39, 0.29) is 31.1 Å². The molecule has 0 saturated heterocycles. The number of esters is 3. The summed E-state index contributed by atoms with van der Waals surface area (Å²) >= 11 is 0. The Morgan fingerprint density at radius 1 is 0.250 bits per heavy atom. The van der Waals surface area contributed by atoms with E-state index in [2.05, 4.69) is 34.6 Å². The van der Waals surface area contributed by atoms with E-state index in [9.17, 15) is 14.4 Å². The molecule has 6 nitrogen and oxygen atoms in total. The Bertz CT molecular complexity index is 1170. The van der Waals surface area contributed by atoms with Crippen LogP contribution in [-0.4, -0.2) is 37.2 Å². The maximum absolute atomic E-state index is 12.9. The molecule has 0 radical (unpaired) electrons. The number of ether oxygens (including phenoxy) is 3. The molecule has 0 aliphatic heterocycles. The van der Waals surface area contributed by atoms with Gasteiger partial charge in [-0.1, -0.05) is 362 Å². The highest BCUT2D eigenvalue weighted by atomic mass is 16.6. The largest absolute Gasteiger partial charge is 0.462 e. The van der Waals surface area contributed by atoms with Crippen LogP contribution < -0.4 is 0 Å². The molecule has 0 bridgehead atoms. The summed E-state index contributed by atoms with van der Waals surface area (Å²) in [5.41, 5.74) is 0. The van der Waals surface area contributed by atoms with E-state index >= 15 is 0 Å². The van der Waals surface area contributed by atoms with Gasteiger partial charge in [0.15, 0.2) is 6.10 Å². The van der Waals surface area contributed by atoms with Crippen molar-refractivity contribution in [3.05, 3.63) is 0 Å². The third-order valence-corrected chi connectivity index (χ3v) is 16.2. The minimum atomic E-state index is -0.764. The van der Waals surface area contributed by atoms with Gasteiger partial charge in [0.25, 0.3) is 0 Å². The molecular weight excluding hydrogens is 937 g/mol. The third-order valence-electron chi connectivity index (χ3n) is 16.2. The molecule has 0 aliphatic rings. The number of carbonyl (C=O) groups excluding carboxylic acids is 3. The molecule has 0 saturated carbocycles. The zero-order valence-electron chi connectivity index (χ0n) is 52.4. The van der Waals surface area contributed by atoms with Crippen LogP contribution in [0, 0.1) is 11.8 Å². The Kier molecular flexibility index (Phi) is 61.3. The summed E-state index contributed by atoms with van der Waals surface area (Å²) in [6.07, 6.45) is 71.2. The molecule has 76 heavy (non-hydrogen) atoms. The van der Waals surface area contributed by atoms with Crippen LogP contribution in [0.2, 0.25) is 0 Å². The lowest BCUT2D eigenvalue weighted by atomic mass is 10.0. The van der Waals surface area contributed by atoms with E-state index < -0.39 is 6.10 Å². The maximum Gasteiger partial charge on any atom is 0.306 e. The van der Waals surface area contributed by atoms with Gasteiger partial charge in [-0.2, -0.15) is 0 Å². The smallest absolute Gasteiger partial charge is 0.306 e. The summed E-state index contributed by atoms with van der Waals surface area (Å²) in [6, 6.07) is 0. The lowest BCUT2D eigenvalue weighted by Gasteiger charge is -2.18. The predicted molar refractivity (Wildman–Crippen MR) is 330 cm³/mol. The fourth-order valence-electron chi connectivity index (χ4n) is 11.0. The van der Waals surface area contributed by atoms with E-state index in [0.717, 1.165) is 69.6 Å². The lowest BCUT2D eigenvalue weighted by molar-refractivity contribution is -0.167. The average molecular weight is 1070 g/mol. The molecule has 0 rings (SSSR count). The Labute approximate surface area is 476 Å². The Balaban J connectivity index is 4.27. The first kappa shape index (κ1) is 74.4. The van der Waals surface area contributed by atoms with Gasteiger partial charge in [0.1, 0.15) is 13.2 Å². The molecule has 0 aromatic rings. The lowest BCUT2D eigenvalue weighted by Crippen LogP contribution is -2.30. The van der Waals surface area contributed by atoms with Crippen LogP contribution in [0.4, 0.5) is 0 Å². The minimum Gasteiger partial charge on any atom is -0.462 e. The summed E-state index contributed by atoms with van der Waals surface area (Å²) in [5, 5.41) is 0. The first-order valence-corrected chi connectivity index (χ1v) is 34.7. The Morgan fingerprint density at radius 3 is 0.645 bits per heavy atom. The second kappa shape index (κ2) is 62.6. The second-order valence-electron chi connectivity index (χ2n) is 25.1. The first-order valence-electron chi connectivity index (χ1n) is 34.7. The van der Waals surface area contributed by atoms with Crippen molar-refractivity contribution in [2.24, 2.45) is 11.8 Å². The zero-order chi connectivity index (χ0) is 55.3. The fourth-order valence-corrected chi connectivity index (χ4v) is 11.0. The average Bonchev–Trinajstić information content (AvgIpc) is 3.40. The van der Waals surface area contributed by atoms with Crippen LogP contribution >= 0.6 is 0 Å². The van der Waals surface area contributed by atoms with Crippen LogP contribution in [0.15, 0.2) is 0 Å². The number of rotatable bonds is 64. The van der Waals surface area contributed by atoms with E-state index in [0.29, 0.717) is 19.3 Å². The predicted octanol–water partition coefficient (Wildman–Crippen LogP) is 23.6. The zero-order valence-corrected chi connectivity index (χ0v) is 52.4. The quantitative estimate of drug-likeness (QED) is 0.0343. The summed E-state index contributed by atoms with van der Waals surface area (Å²) in [4.78, 5) is 38.4. The molecule has 6 heteroatoms. The van der Waals surface area contributed by atoms with Gasteiger partial charge in [-0.3, -0.25) is 14.4 Å². The molecule has 0 amide bonds. The maximum atomic E-state index is 12.9. The molecule has 0 spiro atoms. The van der Waals surface area contributed by atoms with Crippen LogP contribution in [0.3, 0.4) is 0 Å². The number of carbonyl (C=O) groups is 3. The SMILES string of the molecule is CCCCCCCCCCCCCCCCCCCCC(=O)OC[C@H](COC(=O)CCCCCCCCCCCCCCCCCCCCC(C)C)OC(=O)CCCCCCCCCCCCCCCCCCC(C)C. The van der Waals surface area contributed by atoms with Crippen molar-refractivity contribution < 1.29 is 28.6 Å². The van der Waals surface area contributed by atoms with Crippen molar-refractivity contribution in [1.29, 1.82) is 0 Å². The van der Waals surface area contributed by atoms with Gasteiger partial charge in [0.2, 0.25) is 0 Å². The first-order chi connectivity index (χ1) is 37.2. The molecule has 0 heterocycles.